The van der Waals surface area contributed by atoms with Crippen molar-refractivity contribution < 1.29 is 19.1 Å². The third-order valence-electron chi connectivity index (χ3n) is 6.71. The normalized spacial score (nSPS) is 15.8. The molecule has 1 heterocycles. The highest BCUT2D eigenvalue weighted by atomic mass is 19.1. The molecule has 0 spiro atoms. The molecule has 0 aliphatic heterocycles. The molecule has 0 saturated carbocycles. The van der Waals surface area contributed by atoms with E-state index in [-0.39, 0.29) is 17.4 Å². The summed E-state index contributed by atoms with van der Waals surface area (Å²) in [6.45, 7) is 7.10. The maximum absolute atomic E-state index is 15.5. The number of anilines is 1. The van der Waals surface area contributed by atoms with Crippen molar-refractivity contribution in [2.45, 2.75) is 38.7 Å². The minimum absolute atomic E-state index is 0.0327. The first-order valence-electron chi connectivity index (χ1n) is 10.9. The fourth-order valence-corrected chi connectivity index (χ4v) is 4.79. The van der Waals surface area contributed by atoms with Crippen molar-refractivity contribution in [3.8, 4) is 11.1 Å². The summed E-state index contributed by atoms with van der Waals surface area (Å²) in [6.07, 6.45) is 3.17. The number of hydrogen-bond donors (Lipinski definition) is 3. The van der Waals surface area contributed by atoms with Crippen molar-refractivity contribution in [3.05, 3.63) is 65.6 Å². The van der Waals surface area contributed by atoms with Crippen LogP contribution in [0.1, 0.15) is 41.9 Å². The van der Waals surface area contributed by atoms with Gasteiger partial charge in [0.2, 0.25) is 5.91 Å². The van der Waals surface area contributed by atoms with Crippen LogP contribution in [0.3, 0.4) is 0 Å². The van der Waals surface area contributed by atoms with Gasteiger partial charge in [0.05, 0.1) is 16.7 Å². The molecule has 7 heteroatoms. The van der Waals surface area contributed by atoms with Crippen LogP contribution in [-0.2, 0) is 17.6 Å². The van der Waals surface area contributed by atoms with E-state index in [0.717, 1.165) is 17.7 Å². The Hall–Kier alpha value is -3.45. The van der Waals surface area contributed by atoms with E-state index in [1.165, 1.54) is 17.0 Å². The molecule has 172 valence electrons. The van der Waals surface area contributed by atoms with Crippen LogP contribution in [0.4, 0.5) is 10.1 Å². The van der Waals surface area contributed by atoms with Gasteiger partial charge in [0, 0.05) is 29.4 Å². The number of aryl methyl sites for hydroxylation is 1. The fourth-order valence-electron chi connectivity index (χ4n) is 4.79. The number of carbonyl (C=O) groups is 2. The molecule has 4 N–H and O–H groups in total. The number of aromatic nitrogens is 1. The fraction of sp³-hybridized carbons (Fsp3) is 0.308. The summed E-state index contributed by atoms with van der Waals surface area (Å²) < 4.78 is 15.5. The van der Waals surface area contributed by atoms with E-state index in [1.807, 2.05) is 0 Å². The number of H-pyrrole nitrogens is 1. The smallest absolute Gasteiger partial charge is 0.250 e. The Labute approximate surface area is 191 Å². The van der Waals surface area contributed by atoms with E-state index in [2.05, 4.69) is 11.6 Å². The van der Waals surface area contributed by atoms with Gasteiger partial charge in [-0.05, 0) is 74.4 Å². The molecular formula is C26H28FN3O3. The summed E-state index contributed by atoms with van der Waals surface area (Å²) in [5.74, 6) is -1.52. The van der Waals surface area contributed by atoms with E-state index < -0.39 is 17.3 Å². The largest absolute Gasteiger partial charge is 0.390 e. The number of amides is 2. The molecule has 0 fully saturated rings. The molecule has 6 nitrogen and oxygen atoms in total. The van der Waals surface area contributed by atoms with Crippen LogP contribution < -0.4 is 10.6 Å². The number of likely N-dealkylation sites (N-methyl/N-ethyl adjacent to an activating group) is 1. The Morgan fingerprint density at radius 1 is 1.33 bits per heavy atom. The lowest BCUT2D eigenvalue weighted by Crippen LogP contribution is -2.34. The molecule has 1 aliphatic rings. The number of nitrogens with one attached hydrogen (secondary N) is 1. The first-order valence-corrected chi connectivity index (χ1v) is 10.9. The zero-order chi connectivity index (χ0) is 24.1. The van der Waals surface area contributed by atoms with Gasteiger partial charge in [-0.25, -0.2) is 4.39 Å². The van der Waals surface area contributed by atoms with Crippen LogP contribution in [0.5, 0.6) is 0 Å². The van der Waals surface area contributed by atoms with Crippen molar-refractivity contribution in [2.75, 3.05) is 11.9 Å². The Balaban J connectivity index is 1.96. The summed E-state index contributed by atoms with van der Waals surface area (Å²) in [7, 11) is 1.63. The minimum atomic E-state index is -0.855. The summed E-state index contributed by atoms with van der Waals surface area (Å²) in [5, 5.41) is 11.2. The molecule has 0 saturated heterocycles. The number of aliphatic hydroxyl groups is 1. The van der Waals surface area contributed by atoms with Crippen LogP contribution in [-0.4, -0.2) is 34.6 Å². The predicted molar refractivity (Wildman–Crippen MR) is 128 cm³/mol. The van der Waals surface area contributed by atoms with Crippen molar-refractivity contribution in [1.29, 1.82) is 0 Å². The molecule has 2 aromatic carbocycles. The third-order valence-corrected chi connectivity index (χ3v) is 6.71. The quantitative estimate of drug-likeness (QED) is 0.512. The molecule has 1 atom stereocenters. The van der Waals surface area contributed by atoms with Crippen molar-refractivity contribution in [1.82, 2.24) is 4.98 Å². The lowest BCUT2D eigenvalue weighted by molar-refractivity contribution is -0.113. The SMILES string of the molecule is C=CC(=O)N(C)c1cccc(-c2c(F)cc(C(N)=O)c3[nH]c4c(c23)CCC(C(C)(C)O)C4)c1. The summed E-state index contributed by atoms with van der Waals surface area (Å²) in [4.78, 5) is 29.0. The molecule has 0 bridgehead atoms. The molecule has 4 rings (SSSR count). The van der Waals surface area contributed by atoms with Gasteiger partial charge < -0.3 is 20.7 Å². The average molecular weight is 450 g/mol. The summed E-state index contributed by atoms with van der Waals surface area (Å²) in [6, 6.07) is 8.21. The van der Waals surface area contributed by atoms with Crippen LogP contribution in [0.15, 0.2) is 43.0 Å². The highest BCUT2D eigenvalue weighted by Crippen LogP contribution is 2.42. The van der Waals surface area contributed by atoms with Crippen LogP contribution >= 0.6 is 0 Å². The van der Waals surface area contributed by atoms with Crippen molar-refractivity contribution in [2.24, 2.45) is 11.7 Å². The second-order valence-corrected chi connectivity index (χ2v) is 9.22. The molecule has 0 radical (unpaired) electrons. The summed E-state index contributed by atoms with van der Waals surface area (Å²) in [5.41, 5.74) is 8.67. The lowest BCUT2D eigenvalue weighted by Gasteiger charge is -2.32. The van der Waals surface area contributed by atoms with Crippen molar-refractivity contribution >= 4 is 28.4 Å². The third kappa shape index (κ3) is 3.93. The molecule has 1 unspecified atom stereocenters. The number of primary amides is 1. The molecule has 1 aliphatic carbocycles. The molecule has 2 amide bonds. The number of halogens is 1. The highest BCUT2D eigenvalue weighted by Gasteiger charge is 2.34. The van der Waals surface area contributed by atoms with Crippen LogP contribution in [0, 0.1) is 11.7 Å². The van der Waals surface area contributed by atoms with E-state index in [4.69, 9.17) is 5.73 Å². The zero-order valence-electron chi connectivity index (χ0n) is 19.0. The van der Waals surface area contributed by atoms with Gasteiger partial charge in [0.1, 0.15) is 5.82 Å². The van der Waals surface area contributed by atoms with Gasteiger partial charge in [-0.3, -0.25) is 9.59 Å². The van der Waals surface area contributed by atoms with E-state index in [1.54, 1.807) is 45.2 Å². The van der Waals surface area contributed by atoms with Gasteiger partial charge in [0.15, 0.2) is 0 Å². The number of nitrogens with zero attached hydrogens (tertiary/aromatic N) is 1. The Morgan fingerprint density at radius 3 is 2.70 bits per heavy atom. The molecule has 1 aromatic heterocycles. The monoisotopic (exact) mass is 449 g/mol. The number of rotatable bonds is 5. The van der Waals surface area contributed by atoms with Crippen LogP contribution in [0.2, 0.25) is 0 Å². The number of hydrogen-bond acceptors (Lipinski definition) is 3. The predicted octanol–water partition coefficient (Wildman–Crippen LogP) is 4.10. The topological polar surface area (TPSA) is 99.4 Å². The average Bonchev–Trinajstić information content (AvgIpc) is 3.15. The Morgan fingerprint density at radius 2 is 2.06 bits per heavy atom. The summed E-state index contributed by atoms with van der Waals surface area (Å²) >= 11 is 0. The van der Waals surface area contributed by atoms with Gasteiger partial charge in [-0.15, -0.1) is 0 Å². The van der Waals surface area contributed by atoms with E-state index >= 15 is 4.39 Å². The molecule has 3 aromatic rings. The Kier molecular flexibility index (Phi) is 5.62. The van der Waals surface area contributed by atoms with Gasteiger partial charge in [-0.2, -0.15) is 0 Å². The number of fused-ring (bicyclic) bond motifs is 3. The second kappa shape index (κ2) is 8.15. The molecule has 33 heavy (non-hydrogen) atoms. The minimum Gasteiger partial charge on any atom is -0.390 e. The van der Waals surface area contributed by atoms with E-state index in [9.17, 15) is 14.7 Å². The first-order chi connectivity index (χ1) is 15.5. The van der Waals surface area contributed by atoms with Gasteiger partial charge in [0.25, 0.3) is 5.91 Å². The maximum Gasteiger partial charge on any atom is 0.250 e. The molecular weight excluding hydrogens is 421 g/mol. The second-order valence-electron chi connectivity index (χ2n) is 9.22. The maximum atomic E-state index is 15.5. The van der Waals surface area contributed by atoms with Crippen molar-refractivity contribution in [3.63, 3.8) is 0 Å². The van der Waals surface area contributed by atoms with Gasteiger partial charge >= 0.3 is 0 Å². The lowest BCUT2D eigenvalue weighted by atomic mass is 9.77. The standard InChI is InChI=1S/C26H28FN3O3/c1-5-21(31)30(4)16-8-6-7-14(11-16)22-19(27)13-18(25(28)32)24-23(22)17-10-9-15(26(2,3)33)12-20(17)29-24/h5-8,11,13,15,29,33H,1,9-10,12H2,2-4H3,(H2,28,32). The number of aromatic amines is 1. The Bertz CT molecular complexity index is 1290. The van der Waals surface area contributed by atoms with Crippen LogP contribution in [0.25, 0.3) is 22.0 Å². The van der Waals surface area contributed by atoms with E-state index in [0.29, 0.717) is 40.6 Å². The number of nitrogens with two attached hydrogens (primary N) is 1. The van der Waals surface area contributed by atoms with Gasteiger partial charge in [-0.1, -0.05) is 18.7 Å². The zero-order valence-corrected chi connectivity index (χ0v) is 19.0. The number of benzene rings is 2. The number of carbonyl (C=O) groups excluding carboxylic acids is 2. The highest BCUT2D eigenvalue weighted by molar-refractivity contribution is 6.11. The first kappa shape index (κ1) is 22.7.